The first kappa shape index (κ1) is 84.4. The van der Waals surface area contributed by atoms with E-state index in [1.165, 1.54) is 40.3 Å². The molecule has 30 heteroatoms. The van der Waals surface area contributed by atoms with E-state index in [4.69, 9.17) is 41.9 Å². The van der Waals surface area contributed by atoms with Gasteiger partial charge in [0.15, 0.2) is 0 Å². The van der Waals surface area contributed by atoms with E-state index in [9.17, 15) is 62.8 Å². The van der Waals surface area contributed by atoms with Gasteiger partial charge in [0, 0.05) is 88.9 Å². The van der Waals surface area contributed by atoms with Crippen molar-refractivity contribution in [3.63, 3.8) is 0 Å². The molecule has 2 aromatic carbocycles. The van der Waals surface area contributed by atoms with Gasteiger partial charge in [-0.25, -0.2) is 14.4 Å². The van der Waals surface area contributed by atoms with Crippen LogP contribution in [-0.4, -0.2) is 202 Å². The number of fused-ring (bicyclic) bond motifs is 3. The van der Waals surface area contributed by atoms with E-state index in [0.717, 1.165) is 53.0 Å². The predicted octanol–water partition coefficient (Wildman–Crippen LogP) is 5.62. The Labute approximate surface area is 608 Å². The van der Waals surface area contributed by atoms with Crippen molar-refractivity contribution in [3.8, 4) is 29.3 Å². The molecule has 10 N–H and O–H groups in total. The minimum atomic E-state index is -0.807. The number of rotatable bonds is 29. The number of carbonyl (C=O) groups is 12. The van der Waals surface area contributed by atoms with Gasteiger partial charge in [0.2, 0.25) is 29.5 Å². The second-order valence-corrected chi connectivity index (χ2v) is 27.8. The van der Waals surface area contributed by atoms with Gasteiger partial charge in [0.05, 0.1) is 24.2 Å². The van der Waals surface area contributed by atoms with Crippen LogP contribution >= 0.6 is 0 Å². The number of nitriles is 3. The first-order valence-corrected chi connectivity index (χ1v) is 35.8. The molecule has 6 atom stereocenters. The van der Waals surface area contributed by atoms with Gasteiger partial charge in [-0.3, -0.25) is 53.0 Å². The molecule has 8 rings (SSSR count). The Morgan fingerprint density at radius 1 is 0.529 bits per heavy atom. The van der Waals surface area contributed by atoms with Gasteiger partial charge in [0.1, 0.15) is 48.0 Å². The third-order valence-corrected chi connectivity index (χ3v) is 17.5. The molecule has 0 saturated carbocycles. The minimum absolute atomic E-state index is 0.00771. The lowest BCUT2D eigenvalue weighted by atomic mass is 9.98. The first-order valence-electron chi connectivity index (χ1n) is 35.8. The SMILES string of the molecule is CC(C)(C)OC(=O)N[C@@H](CCCCN)C(=O)N1CCC[C@H]1C#N.CC(C)(C)OC(=O)N[C@@H](CCCCNC(=O)OCC1c2ccccc2-c2ccccc21)C(=O)N1CCC[C@H]1C#N.N#C[C@@H]1CCCN1C(=O)[C@@H](N)CCCCNC(=O)CCCN1C(=O)C=CC1=O.NC(=O)CCCN1C(=O)C=CC1=O. The van der Waals surface area contributed by atoms with Crippen molar-refractivity contribution in [2.24, 2.45) is 17.2 Å². The maximum atomic E-state index is 13.2. The maximum absolute atomic E-state index is 13.2. The van der Waals surface area contributed by atoms with E-state index in [2.05, 4.69) is 63.7 Å². The van der Waals surface area contributed by atoms with Crippen LogP contribution in [0.15, 0.2) is 72.8 Å². The summed E-state index contributed by atoms with van der Waals surface area (Å²) in [4.78, 5) is 149. The topological polar surface area (TPSA) is 446 Å². The summed E-state index contributed by atoms with van der Waals surface area (Å²) in [7, 11) is 0. The number of nitrogens with one attached hydrogen (secondary N) is 4. The molecule has 1 aliphatic carbocycles. The highest BCUT2D eigenvalue weighted by Gasteiger charge is 2.38. The second kappa shape index (κ2) is 42.4. The zero-order valence-electron chi connectivity index (χ0n) is 60.7. The summed E-state index contributed by atoms with van der Waals surface area (Å²) in [6.07, 6.45) is 14.2. The zero-order chi connectivity index (χ0) is 76.5. The fourth-order valence-electron chi connectivity index (χ4n) is 12.4. The van der Waals surface area contributed by atoms with Crippen molar-refractivity contribution in [1.29, 1.82) is 15.8 Å². The lowest BCUT2D eigenvalue weighted by Crippen LogP contribution is -2.50. The van der Waals surface area contributed by atoms with Gasteiger partial charge in [-0.1, -0.05) is 48.5 Å². The van der Waals surface area contributed by atoms with Crippen LogP contribution in [0.4, 0.5) is 14.4 Å². The molecule has 0 radical (unpaired) electrons. The molecule has 0 unspecified atom stereocenters. The van der Waals surface area contributed by atoms with Gasteiger partial charge in [0.25, 0.3) is 23.6 Å². The highest BCUT2D eigenvalue weighted by atomic mass is 16.6. The highest BCUT2D eigenvalue weighted by Crippen LogP contribution is 2.44. The number of hydrogen-bond donors (Lipinski definition) is 7. The van der Waals surface area contributed by atoms with Crippen molar-refractivity contribution in [2.75, 3.05) is 59.0 Å². The highest BCUT2D eigenvalue weighted by molar-refractivity contribution is 6.13. The van der Waals surface area contributed by atoms with Crippen LogP contribution in [0.25, 0.3) is 11.1 Å². The molecule has 3 fully saturated rings. The van der Waals surface area contributed by atoms with Gasteiger partial charge in [-0.05, 0) is 179 Å². The van der Waals surface area contributed by atoms with E-state index in [1.807, 2.05) is 24.3 Å². The number of ether oxygens (including phenoxy) is 3. The van der Waals surface area contributed by atoms with Crippen LogP contribution in [0.3, 0.4) is 0 Å². The number of benzene rings is 2. The van der Waals surface area contributed by atoms with Gasteiger partial charge >= 0.3 is 18.3 Å². The Hall–Kier alpha value is -10.3. The summed E-state index contributed by atoms with van der Waals surface area (Å²) >= 11 is 0. The number of nitrogens with two attached hydrogens (primary N) is 3. The fourth-order valence-corrected chi connectivity index (χ4v) is 12.4. The largest absolute Gasteiger partial charge is 0.449 e. The Balaban J connectivity index is 0.000000266. The van der Waals surface area contributed by atoms with Crippen LogP contribution < -0.4 is 38.5 Å². The summed E-state index contributed by atoms with van der Waals surface area (Å²) in [6, 6.07) is 19.5. The molecule has 2 aromatic rings. The minimum Gasteiger partial charge on any atom is -0.449 e. The summed E-state index contributed by atoms with van der Waals surface area (Å²) in [5.41, 5.74) is 19.7. The molecule has 6 aliphatic rings. The van der Waals surface area contributed by atoms with Crippen LogP contribution in [0, 0.1) is 34.0 Å². The van der Waals surface area contributed by atoms with E-state index in [0.29, 0.717) is 116 Å². The summed E-state index contributed by atoms with van der Waals surface area (Å²) in [5, 5.41) is 38.5. The molecule has 0 bridgehead atoms. The number of alkyl carbamates (subject to hydrolysis) is 3. The number of likely N-dealkylation sites (tertiary alicyclic amines) is 3. The molecule has 0 spiro atoms. The van der Waals surface area contributed by atoms with Gasteiger partial charge < -0.3 is 67.4 Å². The fraction of sp³-hybridized carbons (Fsp3) is 0.581. The van der Waals surface area contributed by atoms with E-state index >= 15 is 0 Å². The molecule has 0 aromatic heterocycles. The second-order valence-electron chi connectivity index (χ2n) is 27.8. The number of nitrogens with zero attached hydrogens (tertiary/aromatic N) is 8. The molecule has 564 valence electrons. The number of primary amides is 1. The quantitative estimate of drug-likeness (QED) is 0.0295. The summed E-state index contributed by atoms with van der Waals surface area (Å²) in [5.74, 6) is -2.56. The average molecular weight is 1440 g/mol. The van der Waals surface area contributed by atoms with Crippen molar-refractivity contribution in [1.82, 2.24) is 45.8 Å². The van der Waals surface area contributed by atoms with Gasteiger partial charge in [-0.2, -0.15) is 15.8 Å². The van der Waals surface area contributed by atoms with Crippen molar-refractivity contribution >= 4 is 71.4 Å². The third-order valence-electron chi connectivity index (χ3n) is 17.5. The molecule has 5 aliphatic heterocycles. The Morgan fingerprint density at radius 2 is 0.923 bits per heavy atom. The molecule has 5 heterocycles. The molecule has 104 heavy (non-hydrogen) atoms. The lowest BCUT2D eigenvalue weighted by Gasteiger charge is -2.27. The summed E-state index contributed by atoms with van der Waals surface area (Å²) in [6.45, 7) is 14.3. The number of imide groups is 2. The molecule has 30 nitrogen and oxygen atoms in total. The molecular formula is C74H103N15O15. The Kier molecular flexibility index (Phi) is 34.4. The van der Waals surface area contributed by atoms with Crippen molar-refractivity contribution < 1.29 is 71.7 Å². The van der Waals surface area contributed by atoms with Gasteiger partial charge in [-0.15, -0.1) is 0 Å². The Morgan fingerprint density at radius 3 is 1.34 bits per heavy atom. The summed E-state index contributed by atoms with van der Waals surface area (Å²) < 4.78 is 16.2. The maximum Gasteiger partial charge on any atom is 0.408 e. The zero-order valence-corrected chi connectivity index (χ0v) is 60.7. The smallest absolute Gasteiger partial charge is 0.408 e. The predicted molar refractivity (Wildman–Crippen MR) is 381 cm³/mol. The number of amides is 12. The first-order chi connectivity index (χ1) is 49.5. The van der Waals surface area contributed by atoms with Crippen LogP contribution in [0.5, 0.6) is 0 Å². The van der Waals surface area contributed by atoms with Crippen LogP contribution in [0.2, 0.25) is 0 Å². The van der Waals surface area contributed by atoms with Crippen LogP contribution in [0.1, 0.15) is 181 Å². The average Bonchev–Trinajstić information content (AvgIpc) is 1.62. The Bertz CT molecular complexity index is 3450. The number of hydrogen-bond acceptors (Lipinski definition) is 20. The third kappa shape index (κ3) is 27.5. The molecule has 12 amide bonds. The number of carbonyl (C=O) groups excluding carboxylic acids is 12. The van der Waals surface area contributed by atoms with E-state index in [-0.39, 0.29) is 91.8 Å². The van der Waals surface area contributed by atoms with Crippen molar-refractivity contribution in [2.45, 2.75) is 217 Å². The van der Waals surface area contributed by atoms with E-state index < -0.39 is 65.6 Å². The standard InChI is InChI=1S/C31H38N4O5.C19H27N5O4.C16H28N4O3.C8H10N2O3/c1-31(2,3)40-30(38)34-27(28(36)35-18-10-11-21(35)19-32)16-8-9-17-33-29(37)39-20-26-24-14-6-4-12-22(24)23-13-5-7-15-25(23)26;20-13-14-5-3-11-23(14)19(28)15(21)6-1-2-10-22-16(25)7-4-12-24-17(26)8-9-18(24)27;1-16(2,3)23-15(22)19-13(8-4-5-9-17)14(21)20-10-6-7-12(20)11-18;9-6(11)2-1-5-10-7(12)3-4-8(10)13/h4-7,12-15,21,26-27H,8-11,16-18,20H2,1-3H3,(H,33,37)(H,34,38);8-9,14-15H,1-7,10-12,21H2,(H,22,25);12-13H,4-10,17H2,1-3H3,(H,19,22);3-4H,1-2,5H2,(H2,9,11)/t21-,27-;14-,15-;12-,13-;/m000./s1. The normalized spacial score (nSPS) is 18.0. The molecule has 3 saturated heterocycles. The monoisotopic (exact) mass is 1440 g/mol. The molecular weight excluding hydrogens is 1340 g/mol. The number of unbranched alkanes of at least 4 members (excludes halogenated alkanes) is 3. The van der Waals surface area contributed by atoms with Crippen molar-refractivity contribution in [3.05, 3.63) is 84.0 Å². The van der Waals surface area contributed by atoms with E-state index in [1.54, 1.807) is 51.3 Å². The van der Waals surface area contributed by atoms with Crippen LogP contribution in [-0.2, 0) is 57.4 Å². The lowest BCUT2D eigenvalue weighted by molar-refractivity contribution is -0.138.